The number of likely N-dealkylation sites (N-methyl/N-ethyl adjacent to an activating group) is 1. The summed E-state index contributed by atoms with van der Waals surface area (Å²) in [6, 6.07) is -1.32. The number of rotatable bonds is 6. The Labute approximate surface area is 122 Å². The van der Waals surface area contributed by atoms with E-state index in [1.54, 1.807) is 18.7 Å². The molecule has 1 rings (SSSR count). The summed E-state index contributed by atoms with van der Waals surface area (Å²) in [5.74, 6) is -0.800. The Hall–Kier alpha value is -1.57. The van der Waals surface area contributed by atoms with Crippen molar-refractivity contribution >= 4 is 35.9 Å². The number of urea groups is 1. The van der Waals surface area contributed by atoms with E-state index >= 15 is 0 Å². The van der Waals surface area contributed by atoms with E-state index in [0.717, 1.165) is 10.7 Å². The highest BCUT2D eigenvalue weighted by Gasteiger charge is 2.35. The van der Waals surface area contributed by atoms with E-state index in [9.17, 15) is 19.2 Å². The Morgan fingerprint density at radius 1 is 1.40 bits per heavy atom. The number of carbonyl (C=O) groups excluding carboxylic acids is 4. The molecule has 1 aliphatic rings. The van der Waals surface area contributed by atoms with Crippen LogP contribution in [0.15, 0.2) is 0 Å². The summed E-state index contributed by atoms with van der Waals surface area (Å²) in [5.41, 5.74) is 0. The molecular weight excluding hydrogens is 282 g/mol. The van der Waals surface area contributed by atoms with Gasteiger partial charge in [0.1, 0.15) is 6.29 Å². The number of imide groups is 1. The number of aldehydes is 1. The molecule has 1 aliphatic heterocycles. The lowest BCUT2D eigenvalue weighted by Crippen LogP contribution is -2.59. The molecule has 0 aromatic rings. The summed E-state index contributed by atoms with van der Waals surface area (Å²) in [6.45, 7) is 2.68. The van der Waals surface area contributed by atoms with Crippen LogP contribution in [0, 0.1) is 0 Å². The standard InChI is InChI=1S/C12H19N3O4S/c1-3-14-5-6-15(11(18)10(14)17)12(19)13-9(8-16)4-7-20-2/h8-9H,3-7H2,1-2H3,(H,13,19)/t9-/m1/s1. The van der Waals surface area contributed by atoms with Crippen molar-refractivity contribution in [1.82, 2.24) is 15.1 Å². The van der Waals surface area contributed by atoms with E-state index < -0.39 is 23.9 Å². The minimum atomic E-state index is -0.842. The Kier molecular flexibility index (Phi) is 6.50. The number of nitrogens with zero attached hydrogens (tertiary/aromatic N) is 2. The van der Waals surface area contributed by atoms with Crippen LogP contribution < -0.4 is 5.32 Å². The summed E-state index contributed by atoms with van der Waals surface area (Å²) in [4.78, 5) is 48.5. The van der Waals surface area contributed by atoms with Crippen molar-refractivity contribution in [2.45, 2.75) is 19.4 Å². The maximum atomic E-state index is 11.9. The van der Waals surface area contributed by atoms with Gasteiger partial charge in [-0.1, -0.05) is 0 Å². The topological polar surface area (TPSA) is 86.8 Å². The van der Waals surface area contributed by atoms with E-state index in [1.165, 1.54) is 4.90 Å². The molecule has 0 aromatic heterocycles. The molecule has 1 heterocycles. The van der Waals surface area contributed by atoms with Crippen LogP contribution in [0.25, 0.3) is 0 Å². The third kappa shape index (κ3) is 3.96. The SMILES string of the molecule is CCN1CCN(C(=O)N[C@@H](C=O)CCSC)C(=O)C1=O. The fraction of sp³-hybridized carbons (Fsp3) is 0.667. The Morgan fingerprint density at radius 2 is 2.10 bits per heavy atom. The fourth-order valence-corrected chi connectivity index (χ4v) is 2.32. The number of piperazine rings is 1. The van der Waals surface area contributed by atoms with Gasteiger partial charge in [-0.05, 0) is 25.4 Å². The molecule has 4 amide bonds. The van der Waals surface area contributed by atoms with E-state index in [2.05, 4.69) is 5.32 Å². The van der Waals surface area contributed by atoms with Gasteiger partial charge < -0.3 is 15.0 Å². The molecule has 112 valence electrons. The molecule has 0 saturated carbocycles. The van der Waals surface area contributed by atoms with Crippen LogP contribution in [0.3, 0.4) is 0 Å². The summed E-state index contributed by atoms with van der Waals surface area (Å²) in [6.07, 6.45) is 3.03. The first-order chi connectivity index (χ1) is 9.54. The Morgan fingerprint density at radius 3 is 2.65 bits per heavy atom. The number of nitrogens with one attached hydrogen (secondary N) is 1. The van der Waals surface area contributed by atoms with Crippen LogP contribution >= 0.6 is 11.8 Å². The van der Waals surface area contributed by atoms with E-state index in [0.29, 0.717) is 25.8 Å². The largest absolute Gasteiger partial charge is 0.333 e. The first kappa shape index (κ1) is 16.5. The number of thioether (sulfide) groups is 1. The molecule has 0 aliphatic carbocycles. The summed E-state index contributed by atoms with van der Waals surface area (Å²) >= 11 is 1.56. The van der Waals surface area contributed by atoms with Crippen LogP contribution in [0.4, 0.5) is 4.79 Å². The zero-order valence-corrected chi connectivity index (χ0v) is 12.4. The molecule has 7 nitrogen and oxygen atoms in total. The Bertz CT molecular complexity index is 402. The van der Waals surface area contributed by atoms with Crippen molar-refractivity contribution in [2.24, 2.45) is 0 Å². The van der Waals surface area contributed by atoms with Gasteiger partial charge >= 0.3 is 17.8 Å². The monoisotopic (exact) mass is 301 g/mol. The molecule has 0 unspecified atom stereocenters. The molecule has 1 atom stereocenters. The molecule has 0 spiro atoms. The number of amides is 4. The van der Waals surface area contributed by atoms with Crippen molar-refractivity contribution in [3.8, 4) is 0 Å². The van der Waals surface area contributed by atoms with Gasteiger partial charge in [-0.15, -0.1) is 0 Å². The predicted molar refractivity (Wildman–Crippen MR) is 75.3 cm³/mol. The molecule has 1 fully saturated rings. The normalized spacial score (nSPS) is 17.1. The highest BCUT2D eigenvalue weighted by molar-refractivity contribution is 7.98. The van der Waals surface area contributed by atoms with Gasteiger partial charge in [0.2, 0.25) is 0 Å². The van der Waals surface area contributed by atoms with Crippen LogP contribution in [-0.4, -0.2) is 71.6 Å². The first-order valence-electron chi connectivity index (χ1n) is 6.40. The molecule has 8 heteroatoms. The lowest BCUT2D eigenvalue weighted by molar-refractivity contribution is -0.153. The second-order valence-electron chi connectivity index (χ2n) is 4.32. The van der Waals surface area contributed by atoms with Crippen LogP contribution in [-0.2, 0) is 14.4 Å². The second kappa shape index (κ2) is 7.88. The highest BCUT2D eigenvalue weighted by atomic mass is 32.2. The van der Waals surface area contributed by atoms with Crippen molar-refractivity contribution < 1.29 is 19.2 Å². The van der Waals surface area contributed by atoms with Gasteiger partial charge in [0, 0.05) is 19.6 Å². The molecule has 0 bridgehead atoms. The average molecular weight is 301 g/mol. The lowest BCUT2D eigenvalue weighted by Gasteiger charge is -2.32. The van der Waals surface area contributed by atoms with Crippen LogP contribution in [0.5, 0.6) is 0 Å². The number of hydrogen-bond donors (Lipinski definition) is 1. The van der Waals surface area contributed by atoms with Crippen molar-refractivity contribution in [3.63, 3.8) is 0 Å². The summed E-state index contributed by atoms with van der Waals surface area (Å²) < 4.78 is 0. The second-order valence-corrected chi connectivity index (χ2v) is 5.30. The molecule has 20 heavy (non-hydrogen) atoms. The molecular formula is C12H19N3O4S. The number of hydrogen-bond acceptors (Lipinski definition) is 5. The first-order valence-corrected chi connectivity index (χ1v) is 7.80. The fourth-order valence-electron chi connectivity index (χ4n) is 1.83. The van der Waals surface area contributed by atoms with Gasteiger partial charge in [-0.25, -0.2) is 4.79 Å². The maximum absolute atomic E-state index is 11.9. The minimum absolute atomic E-state index is 0.151. The van der Waals surface area contributed by atoms with E-state index in [4.69, 9.17) is 0 Å². The molecule has 0 radical (unpaired) electrons. The van der Waals surface area contributed by atoms with Crippen LogP contribution in [0.2, 0.25) is 0 Å². The number of carbonyl (C=O) groups is 4. The van der Waals surface area contributed by atoms with Crippen LogP contribution in [0.1, 0.15) is 13.3 Å². The van der Waals surface area contributed by atoms with Gasteiger partial charge in [-0.2, -0.15) is 11.8 Å². The zero-order valence-electron chi connectivity index (χ0n) is 11.6. The highest BCUT2D eigenvalue weighted by Crippen LogP contribution is 2.06. The molecule has 0 aromatic carbocycles. The molecule has 1 N–H and O–H groups in total. The minimum Gasteiger partial charge on any atom is -0.333 e. The average Bonchev–Trinajstić information content (AvgIpc) is 2.45. The Balaban J connectivity index is 2.61. The smallest absolute Gasteiger partial charge is 0.325 e. The van der Waals surface area contributed by atoms with Gasteiger partial charge in [-0.3, -0.25) is 14.5 Å². The third-order valence-corrected chi connectivity index (χ3v) is 3.69. The lowest BCUT2D eigenvalue weighted by atomic mass is 10.2. The van der Waals surface area contributed by atoms with Gasteiger partial charge in [0.05, 0.1) is 6.04 Å². The van der Waals surface area contributed by atoms with Crippen molar-refractivity contribution in [2.75, 3.05) is 31.6 Å². The van der Waals surface area contributed by atoms with Crippen molar-refractivity contribution in [1.29, 1.82) is 0 Å². The summed E-state index contributed by atoms with van der Waals surface area (Å²) in [7, 11) is 0. The predicted octanol–water partition coefficient (Wildman–Crippen LogP) is -0.293. The van der Waals surface area contributed by atoms with E-state index in [-0.39, 0.29) is 6.54 Å². The van der Waals surface area contributed by atoms with Crippen molar-refractivity contribution in [3.05, 3.63) is 0 Å². The third-order valence-electron chi connectivity index (χ3n) is 3.04. The molecule has 1 saturated heterocycles. The maximum Gasteiger partial charge on any atom is 0.325 e. The van der Waals surface area contributed by atoms with Gasteiger partial charge in [0.15, 0.2) is 0 Å². The summed E-state index contributed by atoms with van der Waals surface area (Å²) in [5, 5.41) is 2.47. The quantitative estimate of drug-likeness (QED) is 0.538. The zero-order chi connectivity index (χ0) is 15.1. The van der Waals surface area contributed by atoms with E-state index in [1.807, 2.05) is 6.26 Å². The van der Waals surface area contributed by atoms with Gasteiger partial charge in [0.25, 0.3) is 0 Å².